The maximum Gasteiger partial charge on any atom is 0.249 e. The van der Waals surface area contributed by atoms with Crippen LogP contribution in [-0.4, -0.2) is 40.9 Å². The number of hydrogen-bond donors (Lipinski definition) is 0. The lowest BCUT2D eigenvalue weighted by Gasteiger charge is -2.36. The summed E-state index contributed by atoms with van der Waals surface area (Å²) in [5.74, 6) is 0.492. The van der Waals surface area contributed by atoms with Gasteiger partial charge in [-0.05, 0) is 44.9 Å². The maximum atomic E-state index is 14.2. The van der Waals surface area contributed by atoms with Crippen LogP contribution in [0.3, 0.4) is 0 Å². The molecule has 172 valence electrons. The molecular formula is C23H41N3O3S. The first-order valence-electron chi connectivity index (χ1n) is 11.7. The van der Waals surface area contributed by atoms with Gasteiger partial charge in [-0.15, -0.1) is 0 Å². The summed E-state index contributed by atoms with van der Waals surface area (Å²) in [5.41, 5.74) is -0.501. The van der Waals surface area contributed by atoms with E-state index in [1.165, 1.54) is 12.8 Å². The van der Waals surface area contributed by atoms with E-state index in [1.807, 2.05) is 39.3 Å². The summed E-state index contributed by atoms with van der Waals surface area (Å²) in [5, 5.41) is 4.84. The summed E-state index contributed by atoms with van der Waals surface area (Å²) in [6.07, 6.45) is 8.67. The average Bonchev–Trinajstić information content (AvgIpc) is 3.37. The van der Waals surface area contributed by atoms with Gasteiger partial charge in [0, 0.05) is 11.6 Å². The van der Waals surface area contributed by atoms with Crippen molar-refractivity contribution in [3.8, 4) is 0 Å². The second kappa shape index (κ2) is 8.55. The average molecular weight is 440 g/mol. The van der Waals surface area contributed by atoms with E-state index in [1.54, 1.807) is 10.5 Å². The van der Waals surface area contributed by atoms with Gasteiger partial charge in [0.25, 0.3) is 0 Å². The molecule has 2 fully saturated rings. The fourth-order valence-electron chi connectivity index (χ4n) is 4.81. The molecule has 1 aliphatic heterocycles. The van der Waals surface area contributed by atoms with Crippen molar-refractivity contribution in [2.24, 2.45) is 5.92 Å². The van der Waals surface area contributed by atoms with E-state index in [9.17, 15) is 8.42 Å². The van der Waals surface area contributed by atoms with Crippen molar-refractivity contribution < 1.29 is 13.2 Å². The van der Waals surface area contributed by atoms with Crippen LogP contribution in [0.2, 0.25) is 0 Å². The lowest BCUT2D eigenvalue weighted by Crippen LogP contribution is -2.49. The fourth-order valence-corrected chi connectivity index (χ4v) is 7.11. The standard InChI is InChI=1S/C23H41N3O3S/c1-8-18-16-29-23(7,14-13-17(2)3)26(18)30(27,28)20-15-25(19-11-9-10-12-19)24-21(20)22(4,5)6/h15,17-19H,8-14,16H2,1-7H3. The Hall–Kier alpha value is -0.920. The van der Waals surface area contributed by atoms with Gasteiger partial charge in [0.2, 0.25) is 10.0 Å². The highest BCUT2D eigenvalue weighted by Gasteiger charge is 2.51. The van der Waals surface area contributed by atoms with Crippen molar-refractivity contribution in [2.45, 2.75) is 122 Å². The van der Waals surface area contributed by atoms with Crippen LogP contribution in [0, 0.1) is 5.92 Å². The van der Waals surface area contributed by atoms with E-state index in [-0.39, 0.29) is 11.5 Å². The Balaban J connectivity index is 2.07. The Bertz CT molecular complexity index is 834. The van der Waals surface area contributed by atoms with E-state index in [0.29, 0.717) is 35.6 Å². The number of hydrogen-bond acceptors (Lipinski definition) is 4. The largest absolute Gasteiger partial charge is 0.358 e. The molecule has 3 rings (SSSR count). The lowest BCUT2D eigenvalue weighted by molar-refractivity contribution is -0.0434. The van der Waals surface area contributed by atoms with Crippen molar-refractivity contribution in [1.29, 1.82) is 0 Å². The van der Waals surface area contributed by atoms with Crippen molar-refractivity contribution >= 4 is 10.0 Å². The molecule has 0 amide bonds. The van der Waals surface area contributed by atoms with Crippen molar-refractivity contribution in [3.63, 3.8) is 0 Å². The SMILES string of the molecule is CCC1COC(C)(CCC(C)C)N1S(=O)(=O)c1cn(C2CCCC2)nc1C(C)(C)C. The third-order valence-electron chi connectivity index (χ3n) is 6.69. The van der Waals surface area contributed by atoms with Crippen LogP contribution in [0.4, 0.5) is 0 Å². The number of sulfonamides is 1. The van der Waals surface area contributed by atoms with E-state index in [2.05, 4.69) is 13.8 Å². The van der Waals surface area contributed by atoms with E-state index < -0.39 is 15.7 Å². The number of nitrogens with zero attached hydrogens (tertiary/aromatic N) is 3. The Labute approximate surface area is 183 Å². The molecule has 0 spiro atoms. The number of ether oxygens (including phenoxy) is 1. The first-order valence-corrected chi connectivity index (χ1v) is 13.1. The highest BCUT2D eigenvalue weighted by atomic mass is 32.2. The van der Waals surface area contributed by atoms with Crippen molar-refractivity contribution in [3.05, 3.63) is 11.9 Å². The molecule has 7 heteroatoms. The molecule has 1 aliphatic carbocycles. The van der Waals surface area contributed by atoms with Crippen molar-refractivity contribution in [2.75, 3.05) is 6.61 Å². The highest BCUT2D eigenvalue weighted by molar-refractivity contribution is 7.89. The first-order chi connectivity index (χ1) is 13.9. The molecule has 0 aromatic carbocycles. The Kier molecular flexibility index (Phi) is 6.76. The van der Waals surface area contributed by atoms with Crippen LogP contribution in [0.1, 0.15) is 105 Å². The normalized spacial score (nSPS) is 26.9. The zero-order valence-corrected chi connectivity index (χ0v) is 20.8. The van der Waals surface area contributed by atoms with Gasteiger partial charge in [0.15, 0.2) is 0 Å². The van der Waals surface area contributed by atoms with Gasteiger partial charge in [-0.1, -0.05) is 54.4 Å². The van der Waals surface area contributed by atoms with Gasteiger partial charge in [0.1, 0.15) is 10.6 Å². The minimum atomic E-state index is -3.75. The van der Waals surface area contributed by atoms with Crippen LogP contribution in [0.15, 0.2) is 11.1 Å². The van der Waals surface area contributed by atoms with Gasteiger partial charge in [-0.25, -0.2) is 8.42 Å². The Morgan fingerprint density at radius 1 is 1.27 bits per heavy atom. The van der Waals surface area contributed by atoms with Crippen LogP contribution in [0.25, 0.3) is 0 Å². The maximum absolute atomic E-state index is 14.2. The van der Waals surface area contributed by atoms with E-state index >= 15 is 0 Å². The molecule has 2 aliphatic rings. The van der Waals surface area contributed by atoms with Gasteiger partial charge in [-0.2, -0.15) is 9.40 Å². The molecule has 0 N–H and O–H groups in total. The number of aromatic nitrogens is 2. The summed E-state index contributed by atoms with van der Waals surface area (Å²) in [6.45, 7) is 14.9. The predicted molar refractivity (Wildman–Crippen MR) is 120 cm³/mol. The van der Waals surface area contributed by atoms with Crippen LogP contribution >= 0.6 is 0 Å². The molecule has 30 heavy (non-hydrogen) atoms. The zero-order valence-electron chi connectivity index (χ0n) is 19.9. The van der Waals surface area contributed by atoms with E-state index in [4.69, 9.17) is 9.84 Å². The molecule has 2 heterocycles. The summed E-state index contributed by atoms with van der Waals surface area (Å²) in [6, 6.07) is 0.161. The minimum absolute atomic E-state index is 0.144. The van der Waals surface area contributed by atoms with Gasteiger partial charge in [0.05, 0.1) is 24.4 Å². The highest BCUT2D eigenvalue weighted by Crippen LogP contribution is 2.41. The van der Waals surface area contributed by atoms with Gasteiger partial charge >= 0.3 is 0 Å². The molecule has 1 saturated heterocycles. The van der Waals surface area contributed by atoms with E-state index in [0.717, 1.165) is 25.7 Å². The van der Waals surface area contributed by atoms with Gasteiger partial charge in [-0.3, -0.25) is 4.68 Å². The molecule has 1 aromatic heterocycles. The molecule has 1 saturated carbocycles. The third-order valence-corrected chi connectivity index (χ3v) is 8.74. The predicted octanol–water partition coefficient (Wildman–Crippen LogP) is 5.25. The number of rotatable bonds is 7. The summed E-state index contributed by atoms with van der Waals surface area (Å²) < 4.78 is 38.1. The summed E-state index contributed by atoms with van der Waals surface area (Å²) >= 11 is 0. The molecule has 2 unspecified atom stereocenters. The quantitative estimate of drug-likeness (QED) is 0.582. The minimum Gasteiger partial charge on any atom is -0.358 e. The molecule has 0 bridgehead atoms. The summed E-state index contributed by atoms with van der Waals surface area (Å²) in [4.78, 5) is 0.363. The first kappa shape index (κ1) is 23.7. The topological polar surface area (TPSA) is 64.4 Å². The van der Waals surface area contributed by atoms with Crippen molar-refractivity contribution in [1.82, 2.24) is 14.1 Å². The smallest absolute Gasteiger partial charge is 0.249 e. The molecule has 0 radical (unpaired) electrons. The monoisotopic (exact) mass is 439 g/mol. The van der Waals surface area contributed by atoms with Crippen LogP contribution < -0.4 is 0 Å². The Morgan fingerprint density at radius 3 is 2.43 bits per heavy atom. The molecule has 6 nitrogen and oxygen atoms in total. The van der Waals surface area contributed by atoms with Crippen LogP contribution in [0.5, 0.6) is 0 Å². The summed E-state index contributed by atoms with van der Waals surface area (Å²) in [7, 11) is -3.75. The zero-order chi connectivity index (χ0) is 22.3. The molecule has 2 atom stereocenters. The Morgan fingerprint density at radius 2 is 1.90 bits per heavy atom. The molecular weight excluding hydrogens is 398 g/mol. The van der Waals surface area contributed by atoms with Crippen LogP contribution in [-0.2, 0) is 20.2 Å². The fraction of sp³-hybridized carbons (Fsp3) is 0.870. The second-order valence-electron chi connectivity index (χ2n) is 10.8. The molecule has 1 aromatic rings. The second-order valence-corrected chi connectivity index (χ2v) is 12.6. The third kappa shape index (κ3) is 4.49. The van der Waals surface area contributed by atoms with Gasteiger partial charge < -0.3 is 4.74 Å². The lowest BCUT2D eigenvalue weighted by atomic mass is 9.92.